The summed E-state index contributed by atoms with van der Waals surface area (Å²) in [6, 6.07) is 14.0. The van der Waals surface area contributed by atoms with Gasteiger partial charge in [0, 0.05) is 4.47 Å². The maximum atomic E-state index is 12.4. The topological polar surface area (TPSA) is 38.3 Å². The molecule has 2 atom stereocenters. The van der Waals surface area contributed by atoms with Crippen LogP contribution in [0.1, 0.15) is 43.0 Å². The first-order chi connectivity index (χ1) is 11.5. The summed E-state index contributed by atoms with van der Waals surface area (Å²) in [6.45, 7) is 3.79. The minimum absolute atomic E-state index is 0.0284. The van der Waals surface area contributed by atoms with Crippen LogP contribution in [-0.2, 0) is 17.6 Å². The second-order valence-corrected chi connectivity index (χ2v) is 7.24. The van der Waals surface area contributed by atoms with Crippen molar-refractivity contribution in [1.82, 2.24) is 5.32 Å². The van der Waals surface area contributed by atoms with Crippen molar-refractivity contribution < 1.29 is 9.53 Å². The molecule has 0 saturated carbocycles. The normalized spacial score (nSPS) is 15.5. The van der Waals surface area contributed by atoms with Crippen LogP contribution in [0.5, 0.6) is 5.75 Å². The van der Waals surface area contributed by atoms with E-state index in [1.807, 2.05) is 31.2 Å². The van der Waals surface area contributed by atoms with Gasteiger partial charge in [0.15, 0.2) is 6.10 Å². The SMILES string of the molecule is C[C@H](NC(=O)[C@@H](C)Oc1ccc(Br)cc1)c1ccc2c(c1)CCC2. The van der Waals surface area contributed by atoms with Gasteiger partial charge in [-0.1, -0.05) is 34.1 Å². The maximum absolute atomic E-state index is 12.4. The van der Waals surface area contributed by atoms with Gasteiger partial charge in [-0.25, -0.2) is 0 Å². The average Bonchev–Trinajstić information content (AvgIpc) is 3.04. The first kappa shape index (κ1) is 17.0. The molecule has 24 heavy (non-hydrogen) atoms. The summed E-state index contributed by atoms with van der Waals surface area (Å²) in [5, 5.41) is 3.05. The average molecular weight is 388 g/mol. The number of amides is 1. The zero-order valence-corrected chi connectivity index (χ0v) is 15.6. The Labute approximate surface area is 151 Å². The van der Waals surface area contributed by atoms with E-state index in [4.69, 9.17) is 4.74 Å². The fourth-order valence-corrected chi connectivity index (χ4v) is 3.31. The highest BCUT2D eigenvalue weighted by molar-refractivity contribution is 9.10. The summed E-state index contributed by atoms with van der Waals surface area (Å²) in [4.78, 5) is 12.4. The fourth-order valence-electron chi connectivity index (χ4n) is 3.05. The van der Waals surface area contributed by atoms with E-state index in [0.29, 0.717) is 5.75 Å². The van der Waals surface area contributed by atoms with Crippen molar-refractivity contribution in [3.05, 3.63) is 63.6 Å². The van der Waals surface area contributed by atoms with Crippen LogP contribution in [0, 0.1) is 0 Å². The van der Waals surface area contributed by atoms with Crippen LogP contribution in [0.15, 0.2) is 46.9 Å². The molecule has 3 rings (SSSR count). The molecule has 0 aromatic heterocycles. The number of aryl methyl sites for hydroxylation is 2. The van der Waals surface area contributed by atoms with Crippen molar-refractivity contribution in [2.45, 2.75) is 45.3 Å². The number of carbonyl (C=O) groups excluding carboxylic acids is 1. The highest BCUT2D eigenvalue weighted by atomic mass is 79.9. The number of halogens is 1. The Kier molecular flexibility index (Phi) is 5.24. The van der Waals surface area contributed by atoms with Gasteiger partial charge in [0.05, 0.1) is 6.04 Å². The number of benzene rings is 2. The second kappa shape index (κ2) is 7.39. The van der Waals surface area contributed by atoms with Crippen molar-refractivity contribution >= 4 is 21.8 Å². The van der Waals surface area contributed by atoms with Gasteiger partial charge < -0.3 is 10.1 Å². The van der Waals surface area contributed by atoms with Crippen molar-refractivity contribution in [1.29, 1.82) is 0 Å². The summed E-state index contributed by atoms with van der Waals surface area (Å²) >= 11 is 3.39. The van der Waals surface area contributed by atoms with Crippen LogP contribution in [0.2, 0.25) is 0 Å². The Hall–Kier alpha value is -1.81. The lowest BCUT2D eigenvalue weighted by Gasteiger charge is -2.19. The molecule has 0 aliphatic heterocycles. The van der Waals surface area contributed by atoms with Crippen LogP contribution in [0.3, 0.4) is 0 Å². The standard InChI is InChI=1S/C20H22BrNO2/c1-13(16-7-6-15-4-3-5-17(15)12-16)22-20(23)14(2)24-19-10-8-18(21)9-11-19/h6-14H,3-5H2,1-2H3,(H,22,23)/t13-,14+/m0/s1. The predicted molar refractivity (Wildman–Crippen MR) is 99.3 cm³/mol. The Morgan fingerprint density at radius 2 is 1.79 bits per heavy atom. The third-order valence-corrected chi connectivity index (χ3v) is 5.01. The van der Waals surface area contributed by atoms with E-state index in [0.717, 1.165) is 16.5 Å². The van der Waals surface area contributed by atoms with Gasteiger partial charge in [-0.15, -0.1) is 0 Å². The molecule has 126 valence electrons. The van der Waals surface area contributed by atoms with E-state index in [-0.39, 0.29) is 11.9 Å². The van der Waals surface area contributed by atoms with Crippen molar-refractivity contribution in [2.24, 2.45) is 0 Å². The number of ether oxygens (including phenoxy) is 1. The smallest absolute Gasteiger partial charge is 0.261 e. The zero-order valence-electron chi connectivity index (χ0n) is 14.0. The maximum Gasteiger partial charge on any atom is 0.261 e. The highest BCUT2D eigenvalue weighted by Crippen LogP contribution is 2.25. The molecule has 0 bridgehead atoms. The van der Waals surface area contributed by atoms with Gasteiger partial charge in [-0.05, 0) is 74.1 Å². The lowest BCUT2D eigenvalue weighted by Crippen LogP contribution is -2.37. The van der Waals surface area contributed by atoms with Crippen LogP contribution >= 0.6 is 15.9 Å². The third-order valence-electron chi connectivity index (χ3n) is 4.48. The van der Waals surface area contributed by atoms with E-state index in [1.165, 1.54) is 24.0 Å². The van der Waals surface area contributed by atoms with Crippen LogP contribution in [-0.4, -0.2) is 12.0 Å². The van der Waals surface area contributed by atoms with Gasteiger partial charge in [0.1, 0.15) is 5.75 Å². The summed E-state index contributed by atoms with van der Waals surface area (Å²) in [5.74, 6) is 0.581. The predicted octanol–water partition coefficient (Wildman–Crippen LogP) is 4.58. The molecule has 1 amide bonds. The van der Waals surface area contributed by atoms with E-state index >= 15 is 0 Å². The van der Waals surface area contributed by atoms with Gasteiger partial charge in [-0.3, -0.25) is 4.79 Å². The first-order valence-corrected chi connectivity index (χ1v) is 9.16. The van der Waals surface area contributed by atoms with Gasteiger partial charge >= 0.3 is 0 Å². The summed E-state index contributed by atoms with van der Waals surface area (Å²) in [6.07, 6.45) is 3.02. The third kappa shape index (κ3) is 3.99. The second-order valence-electron chi connectivity index (χ2n) is 6.33. The molecule has 2 aromatic rings. The van der Waals surface area contributed by atoms with E-state index in [1.54, 1.807) is 6.92 Å². The molecule has 1 aliphatic carbocycles. The molecule has 1 aliphatic rings. The van der Waals surface area contributed by atoms with E-state index in [2.05, 4.69) is 39.4 Å². The molecule has 0 radical (unpaired) electrons. The largest absolute Gasteiger partial charge is 0.481 e. The molecule has 2 aromatic carbocycles. The number of hydrogen-bond donors (Lipinski definition) is 1. The molecule has 0 unspecified atom stereocenters. The lowest BCUT2D eigenvalue weighted by atomic mass is 10.0. The van der Waals surface area contributed by atoms with Gasteiger partial charge in [0.2, 0.25) is 0 Å². The number of hydrogen-bond acceptors (Lipinski definition) is 2. The Balaban J connectivity index is 1.60. The Morgan fingerprint density at radius 3 is 2.54 bits per heavy atom. The summed E-state index contributed by atoms with van der Waals surface area (Å²) in [5.41, 5.74) is 4.02. The summed E-state index contributed by atoms with van der Waals surface area (Å²) < 4.78 is 6.69. The van der Waals surface area contributed by atoms with Gasteiger partial charge in [0.25, 0.3) is 5.91 Å². The molecular weight excluding hydrogens is 366 g/mol. The number of fused-ring (bicyclic) bond motifs is 1. The van der Waals surface area contributed by atoms with Crippen molar-refractivity contribution in [3.63, 3.8) is 0 Å². The lowest BCUT2D eigenvalue weighted by molar-refractivity contribution is -0.127. The van der Waals surface area contributed by atoms with Crippen LogP contribution < -0.4 is 10.1 Å². The molecule has 4 heteroatoms. The van der Waals surface area contributed by atoms with Gasteiger partial charge in [-0.2, -0.15) is 0 Å². The molecule has 0 fully saturated rings. The van der Waals surface area contributed by atoms with E-state index < -0.39 is 6.10 Å². The van der Waals surface area contributed by atoms with Crippen molar-refractivity contribution in [3.8, 4) is 5.75 Å². The molecule has 0 saturated heterocycles. The number of carbonyl (C=O) groups is 1. The van der Waals surface area contributed by atoms with Crippen LogP contribution in [0.25, 0.3) is 0 Å². The number of rotatable bonds is 5. The first-order valence-electron chi connectivity index (χ1n) is 8.37. The highest BCUT2D eigenvalue weighted by Gasteiger charge is 2.19. The Morgan fingerprint density at radius 1 is 1.08 bits per heavy atom. The zero-order chi connectivity index (χ0) is 17.1. The molecule has 3 nitrogen and oxygen atoms in total. The quantitative estimate of drug-likeness (QED) is 0.814. The number of nitrogens with one attached hydrogen (secondary N) is 1. The minimum Gasteiger partial charge on any atom is -0.481 e. The molecular formula is C20H22BrNO2. The summed E-state index contributed by atoms with van der Waals surface area (Å²) in [7, 11) is 0. The molecule has 0 spiro atoms. The Bertz CT molecular complexity index is 727. The monoisotopic (exact) mass is 387 g/mol. The fraction of sp³-hybridized carbons (Fsp3) is 0.350. The molecule has 1 N–H and O–H groups in total. The molecule has 0 heterocycles. The van der Waals surface area contributed by atoms with Crippen molar-refractivity contribution in [2.75, 3.05) is 0 Å². The van der Waals surface area contributed by atoms with Crippen LogP contribution in [0.4, 0.5) is 0 Å². The minimum atomic E-state index is -0.539. The van der Waals surface area contributed by atoms with E-state index in [9.17, 15) is 4.79 Å².